The monoisotopic (exact) mass is 264 g/mol. The summed E-state index contributed by atoms with van der Waals surface area (Å²) >= 11 is 0. The van der Waals surface area contributed by atoms with Gasteiger partial charge in [0, 0.05) is 6.54 Å². The van der Waals surface area contributed by atoms with Crippen molar-refractivity contribution in [3.8, 4) is 0 Å². The number of aryl methyl sites for hydroxylation is 2. The van der Waals surface area contributed by atoms with Crippen LogP contribution in [-0.4, -0.2) is 15.2 Å². The molecule has 0 radical (unpaired) electrons. The number of nitrogens with zero attached hydrogens (tertiary/aromatic N) is 1. The SMILES string of the molecule is Cc1cc(CNc2n[nH]c(=O)[nH]c2=O)cc(C)c1F. The first-order chi connectivity index (χ1) is 8.97. The number of nitrogens with one attached hydrogen (secondary N) is 3. The molecule has 0 spiro atoms. The molecule has 0 aliphatic rings. The van der Waals surface area contributed by atoms with Gasteiger partial charge in [-0.1, -0.05) is 12.1 Å². The highest BCUT2D eigenvalue weighted by atomic mass is 19.1. The van der Waals surface area contributed by atoms with Crippen molar-refractivity contribution in [2.75, 3.05) is 5.32 Å². The first-order valence-electron chi connectivity index (χ1n) is 5.66. The van der Waals surface area contributed by atoms with E-state index in [1.54, 1.807) is 26.0 Å². The molecule has 1 aromatic heterocycles. The highest BCUT2D eigenvalue weighted by molar-refractivity contribution is 5.35. The summed E-state index contributed by atoms with van der Waals surface area (Å²) in [6.07, 6.45) is 0. The number of H-pyrrole nitrogens is 2. The number of benzene rings is 1. The van der Waals surface area contributed by atoms with Crippen molar-refractivity contribution < 1.29 is 4.39 Å². The lowest BCUT2D eigenvalue weighted by atomic mass is 10.1. The van der Waals surface area contributed by atoms with E-state index in [0.29, 0.717) is 17.7 Å². The van der Waals surface area contributed by atoms with Crippen molar-refractivity contribution in [2.45, 2.75) is 20.4 Å². The lowest BCUT2D eigenvalue weighted by Gasteiger charge is -2.08. The maximum absolute atomic E-state index is 13.5. The van der Waals surface area contributed by atoms with Crippen molar-refractivity contribution in [3.05, 3.63) is 55.5 Å². The zero-order chi connectivity index (χ0) is 14.0. The predicted molar refractivity (Wildman–Crippen MR) is 68.7 cm³/mol. The number of hydrogen-bond acceptors (Lipinski definition) is 4. The van der Waals surface area contributed by atoms with Gasteiger partial charge in [0.05, 0.1) is 0 Å². The molecule has 0 bridgehead atoms. The van der Waals surface area contributed by atoms with Gasteiger partial charge >= 0.3 is 5.69 Å². The molecule has 3 N–H and O–H groups in total. The van der Waals surface area contributed by atoms with Crippen LogP contribution in [0.15, 0.2) is 21.7 Å². The van der Waals surface area contributed by atoms with Crippen LogP contribution in [0.2, 0.25) is 0 Å². The lowest BCUT2D eigenvalue weighted by Crippen LogP contribution is -2.26. The summed E-state index contributed by atoms with van der Waals surface area (Å²) in [6, 6.07) is 3.38. The van der Waals surface area contributed by atoms with Gasteiger partial charge in [-0.05, 0) is 30.5 Å². The van der Waals surface area contributed by atoms with Crippen molar-refractivity contribution in [1.29, 1.82) is 0 Å². The molecule has 19 heavy (non-hydrogen) atoms. The summed E-state index contributed by atoms with van der Waals surface area (Å²) in [7, 11) is 0. The summed E-state index contributed by atoms with van der Waals surface area (Å²) < 4.78 is 13.5. The van der Waals surface area contributed by atoms with Crippen LogP contribution < -0.4 is 16.6 Å². The van der Waals surface area contributed by atoms with Crippen LogP contribution in [0.3, 0.4) is 0 Å². The molecule has 100 valence electrons. The zero-order valence-electron chi connectivity index (χ0n) is 10.5. The van der Waals surface area contributed by atoms with E-state index in [1.165, 1.54) is 0 Å². The maximum Gasteiger partial charge on any atom is 0.342 e. The van der Waals surface area contributed by atoms with E-state index in [2.05, 4.69) is 20.5 Å². The Kier molecular flexibility index (Phi) is 3.46. The van der Waals surface area contributed by atoms with Gasteiger partial charge < -0.3 is 5.32 Å². The van der Waals surface area contributed by atoms with Gasteiger partial charge in [0.15, 0.2) is 0 Å². The second kappa shape index (κ2) is 5.05. The largest absolute Gasteiger partial charge is 0.360 e. The van der Waals surface area contributed by atoms with E-state index in [1.807, 2.05) is 0 Å². The van der Waals surface area contributed by atoms with Crippen LogP contribution in [0, 0.1) is 19.7 Å². The van der Waals surface area contributed by atoms with Crippen molar-refractivity contribution in [2.24, 2.45) is 0 Å². The minimum absolute atomic E-state index is 0.0132. The molecule has 2 rings (SSSR count). The standard InChI is InChI=1S/C12H13FN4O2/c1-6-3-8(4-7(2)9(6)13)5-14-10-11(18)15-12(19)17-16-10/h3-4H,5H2,1-2H3,(H,14,16)(H2,15,17,18,19). The average Bonchev–Trinajstić information content (AvgIpc) is 2.34. The molecule has 0 atom stereocenters. The van der Waals surface area contributed by atoms with E-state index >= 15 is 0 Å². The minimum Gasteiger partial charge on any atom is -0.360 e. The Hall–Kier alpha value is -2.44. The van der Waals surface area contributed by atoms with Crippen LogP contribution >= 0.6 is 0 Å². The van der Waals surface area contributed by atoms with E-state index in [-0.39, 0.29) is 11.6 Å². The Morgan fingerprint density at radius 1 is 1.26 bits per heavy atom. The van der Waals surface area contributed by atoms with Crippen LogP contribution in [0.5, 0.6) is 0 Å². The second-order valence-corrected chi connectivity index (χ2v) is 4.25. The fraction of sp³-hybridized carbons (Fsp3) is 0.250. The third-order valence-electron chi connectivity index (χ3n) is 2.67. The third kappa shape index (κ3) is 2.87. The molecule has 0 aliphatic carbocycles. The van der Waals surface area contributed by atoms with Gasteiger partial charge in [-0.15, -0.1) is 5.10 Å². The molecule has 0 aliphatic heterocycles. The molecule has 7 heteroatoms. The van der Waals surface area contributed by atoms with Crippen LogP contribution in [0.1, 0.15) is 16.7 Å². The highest BCUT2D eigenvalue weighted by Crippen LogP contribution is 2.15. The minimum atomic E-state index is -0.663. The Morgan fingerprint density at radius 2 is 1.89 bits per heavy atom. The zero-order valence-corrected chi connectivity index (χ0v) is 10.5. The summed E-state index contributed by atoms with van der Waals surface area (Å²) in [5, 5.41) is 8.50. The average molecular weight is 264 g/mol. The molecule has 1 heterocycles. The number of aromatic nitrogens is 3. The number of anilines is 1. The normalized spacial score (nSPS) is 10.5. The summed E-state index contributed by atoms with van der Waals surface area (Å²) in [5.74, 6) is -0.219. The van der Waals surface area contributed by atoms with Crippen LogP contribution in [0.25, 0.3) is 0 Å². The molecule has 0 saturated carbocycles. The molecule has 0 fully saturated rings. The van der Waals surface area contributed by atoms with Crippen molar-refractivity contribution in [3.63, 3.8) is 0 Å². The van der Waals surface area contributed by atoms with E-state index < -0.39 is 11.2 Å². The first-order valence-corrected chi connectivity index (χ1v) is 5.66. The fourth-order valence-electron chi connectivity index (χ4n) is 1.79. The summed E-state index contributed by atoms with van der Waals surface area (Å²) in [4.78, 5) is 24.2. The van der Waals surface area contributed by atoms with Crippen LogP contribution in [-0.2, 0) is 6.54 Å². The van der Waals surface area contributed by atoms with Gasteiger partial charge in [-0.25, -0.2) is 14.3 Å². The summed E-state index contributed by atoms with van der Waals surface area (Å²) in [5.41, 5.74) is 0.646. The molecule has 1 aromatic carbocycles. The number of halogens is 1. The van der Waals surface area contributed by atoms with E-state index in [4.69, 9.17) is 0 Å². The third-order valence-corrected chi connectivity index (χ3v) is 2.67. The quantitative estimate of drug-likeness (QED) is 0.765. The fourth-order valence-corrected chi connectivity index (χ4v) is 1.79. The van der Waals surface area contributed by atoms with Gasteiger partial charge in [-0.3, -0.25) is 9.78 Å². The Balaban J connectivity index is 2.19. The highest BCUT2D eigenvalue weighted by Gasteiger charge is 2.06. The Morgan fingerprint density at radius 3 is 2.47 bits per heavy atom. The van der Waals surface area contributed by atoms with Gasteiger partial charge in [0.2, 0.25) is 5.82 Å². The van der Waals surface area contributed by atoms with E-state index in [0.717, 1.165) is 5.56 Å². The Bertz CT molecular complexity index is 697. The number of hydrogen-bond donors (Lipinski definition) is 3. The number of aromatic amines is 2. The Labute approximate surface area is 107 Å². The first kappa shape index (κ1) is 13.0. The lowest BCUT2D eigenvalue weighted by molar-refractivity contribution is 0.608. The topological polar surface area (TPSA) is 90.6 Å². The van der Waals surface area contributed by atoms with E-state index in [9.17, 15) is 14.0 Å². The van der Waals surface area contributed by atoms with Crippen molar-refractivity contribution >= 4 is 5.82 Å². The molecule has 0 amide bonds. The maximum atomic E-state index is 13.5. The second-order valence-electron chi connectivity index (χ2n) is 4.25. The molecular formula is C12H13FN4O2. The smallest absolute Gasteiger partial charge is 0.342 e. The molecule has 0 saturated heterocycles. The molecule has 2 aromatic rings. The van der Waals surface area contributed by atoms with Gasteiger partial charge in [0.25, 0.3) is 5.56 Å². The van der Waals surface area contributed by atoms with Gasteiger partial charge in [0.1, 0.15) is 5.82 Å². The van der Waals surface area contributed by atoms with Crippen molar-refractivity contribution in [1.82, 2.24) is 15.2 Å². The summed E-state index contributed by atoms with van der Waals surface area (Å²) in [6.45, 7) is 3.66. The van der Waals surface area contributed by atoms with Crippen LogP contribution in [0.4, 0.5) is 10.2 Å². The molecule has 6 nitrogen and oxygen atoms in total. The number of rotatable bonds is 3. The molecule has 0 unspecified atom stereocenters. The molecular weight excluding hydrogens is 251 g/mol. The predicted octanol–water partition coefficient (Wildman–Crippen LogP) is 0.826. The van der Waals surface area contributed by atoms with Gasteiger partial charge in [-0.2, -0.15) is 0 Å².